The van der Waals surface area contributed by atoms with Gasteiger partial charge in [-0.2, -0.15) is 9.78 Å². The summed E-state index contributed by atoms with van der Waals surface area (Å²) in [5.41, 5.74) is 1.36. The van der Waals surface area contributed by atoms with Crippen LogP contribution in [-0.4, -0.2) is 62.6 Å². The fourth-order valence-corrected chi connectivity index (χ4v) is 9.75. The molecule has 5 saturated carbocycles. The second kappa shape index (κ2) is 9.47. The van der Waals surface area contributed by atoms with Crippen molar-refractivity contribution in [3.63, 3.8) is 0 Å². The lowest BCUT2D eigenvalue weighted by Gasteiger charge is -2.57. The second-order valence-electron chi connectivity index (χ2n) is 12.7. The van der Waals surface area contributed by atoms with Gasteiger partial charge in [0.25, 0.3) is 0 Å². The van der Waals surface area contributed by atoms with Crippen LogP contribution in [-0.2, 0) is 24.3 Å². The van der Waals surface area contributed by atoms with E-state index >= 15 is 0 Å². The number of hydrogen-bond donors (Lipinski definition) is 0. The molecule has 4 bridgehead atoms. The summed E-state index contributed by atoms with van der Waals surface area (Å²) < 4.78 is 36.0. The summed E-state index contributed by atoms with van der Waals surface area (Å²) in [6.07, 6.45) is 11.2. The van der Waals surface area contributed by atoms with Crippen molar-refractivity contribution in [3.05, 3.63) is 29.8 Å². The molecule has 204 valence electrons. The van der Waals surface area contributed by atoms with Crippen molar-refractivity contribution < 1.29 is 27.7 Å². The highest BCUT2D eigenvalue weighted by atomic mass is 32.2. The minimum Gasteiger partial charge on any atom is -0.494 e. The van der Waals surface area contributed by atoms with Gasteiger partial charge in [0, 0.05) is 44.3 Å². The summed E-state index contributed by atoms with van der Waals surface area (Å²) in [7, 11) is -2.81. The van der Waals surface area contributed by atoms with Crippen molar-refractivity contribution >= 4 is 9.84 Å². The summed E-state index contributed by atoms with van der Waals surface area (Å²) in [6.45, 7) is 2.82. The first-order chi connectivity index (χ1) is 17.9. The third-order valence-corrected chi connectivity index (χ3v) is 12.0. The molecule has 2 aliphatic heterocycles. The van der Waals surface area contributed by atoms with Gasteiger partial charge in [-0.3, -0.25) is 0 Å². The molecule has 8 rings (SSSR count). The quantitative estimate of drug-likeness (QED) is 0.390. The summed E-state index contributed by atoms with van der Waals surface area (Å²) in [4.78, 5) is 14.5. The van der Waals surface area contributed by atoms with Crippen LogP contribution in [0.2, 0.25) is 0 Å². The number of ether oxygens (including phenoxy) is 2. The Morgan fingerprint density at radius 1 is 0.892 bits per heavy atom. The molecule has 7 nitrogen and oxygen atoms in total. The van der Waals surface area contributed by atoms with E-state index in [0.29, 0.717) is 37.5 Å². The lowest BCUT2D eigenvalue weighted by atomic mass is 9.53. The molecule has 0 atom stereocenters. The molecular formula is C29H41NO6S. The van der Waals surface area contributed by atoms with E-state index in [4.69, 9.17) is 19.2 Å². The summed E-state index contributed by atoms with van der Waals surface area (Å²) in [5.74, 6) is 3.77. The highest BCUT2D eigenvalue weighted by Gasteiger charge is 2.66. The maximum absolute atomic E-state index is 11.6. The van der Waals surface area contributed by atoms with Crippen molar-refractivity contribution in [1.82, 2.24) is 4.90 Å². The van der Waals surface area contributed by atoms with Gasteiger partial charge in [0.1, 0.15) is 5.75 Å². The third kappa shape index (κ3) is 4.75. The van der Waals surface area contributed by atoms with Crippen molar-refractivity contribution in [3.8, 4) is 5.75 Å². The summed E-state index contributed by atoms with van der Waals surface area (Å²) in [5, 5.41) is 0. The Morgan fingerprint density at radius 3 is 2.19 bits per heavy atom. The Hall–Kier alpha value is -1.19. The molecule has 2 heterocycles. The van der Waals surface area contributed by atoms with Crippen LogP contribution in [0.4, 0.5) is 0 Å². The van der Waals surface area contributed by atoms with Gasteiger partial charge in [-0.1, -0.05) is 12.1 Å². The van der Waals surface area contributed by atoms with Gasteiger partial charge < -0.3 is 14.4 Å². The van der Waals surface area contributed by atoms with Gasteiger partial charge in [-0.25, -0.2) is 8.42 Å². The molecule has 0 aromatic heterocycles. The lowest BCUT2D eigenvalue weighted by Crippen LogP contribution is -2.59. The molecule has 8 heteroatoms. The Bertz CT molecular complexity index is 1040. The molecule has 7 aliphatic rings. The highest BCUT2D eigenvalue weighted by Crippen LogP contribution is 2.64. The molecule has 1 aromatic carbocycles. The molecule has 2 saturated heterocycles. The van der Waals surface area contributed by atoms with E-state index in [-0.39, 0.29) is 11.5 Å². The van der Waals surface area contributed by atoms with E-state index < -0.39 is 21.4 Å². The minimum absolute atomic E-state index is 0.283. The topological polar surface area (TPSA) is 74.3 Å². The molecule has 1 aromatic rings. The molecule has 0 radical (unpaired) electrons. The van der Waals surface area contributed by atoms with Crippen LogP contribution in [0.1, 0.15) is 75.7 Å². The monoisotopic (exact) mass is 531 g/mol. The number of sulfone groups is 1. The normalized spacial score (nSPS) is 42.5. The largest absolute Gasteiger partial charge is 0.494 e. The van der Waals surface area contributed by atoms with Gasteiger partial charge in [0.05, 0.1) is 18.1 Å². The zero-order chi connectivity index (χ0) is 25.1. The van der Waals surface area contributed by atoms with Gasteiger partial charge >= 0.3 is 0 Å². The van der Waals surface area contributed by atoms with Crippen molar-refractivity contribution in [1.29, 1.82) is 0 Å². The van der Waals surface area contributed by atoms with Gasteiger partial charge in [0.15, 0.2) is 9.84 Å². The van der Waals surface area contributed by atoms with Crippen LogP contribution in [0.3, 0.4) is 0 Å². The fraction of sp³-hybridized carbons (Fsp3) is 0.793. The van der Waals surface area contributed by atoms with Crippen LogP contribution in [0, 0.1) is 23.7 Å². The van der Waals surface area contributed by atoms with Gasteiger partial charge in [-0.05, 0) is 86.8 Å². The SMILES string of the molecule is O=S1(=O)CCN(CCCOc2ccc([C@H]3CC[C@]4(CC3)OO[C@]3(O4)C4CC5CC(C4)CC3C5)cc2)CC1. The predicted octanol–water partition coefficient (Wildman–Crippen LogP) is 4.67. The summed E-state index contributed by atoms with van der Waals surface area (Å²) >= 11 is 0. The van der Waals surface area contributed by atoms with Crippen LogP contribution < -0.4 is 4.74 Å². The third-order valence-electron chi connectivity index (χ3n) is 10.4. The van der Waals surface area contributed by atoms with Crippen LogP contribution in [0.25, 0.3) is 0 Å². The maximum Gasteiger partial charge on any atom is 0.210 e. The second-order valence-corrected chi connectivity index (χ2v) is 15.0. The van der Waals surface area contributed by atoms with Crippen molar-refractivity contribution in [2.24, 2.45) is 23.7 Å². The van der Waals surface area contributed by atoms with Crippen LogP contribution >= 0.6 is 0 Å². The Morgan fingerprint density at radius 2 is 1.54 bits per heavy atom. The Kier molecular flexibility index (Phi) is 6.36. The highest BCUT2D eigenvalue weighted by molar-refractivity contribution is 7.91. The molecule has 0 N–H and O–H groups in total. The fourth-order valence-electron chi connectivity index (χ4n) is 8.47. The van der Waals surface area contributed by atoms with Gasteiger partial charge in [-0.15, -0.1) is 0 Å². The number of nitrogens with zero attached hydrogens (tertiary/aromatic N) is 1. The number of benzene rings is 1. The van der Waals surface area contributed by atoms with Crippen molar-refractivity contribution in [2.45, 2.75) is 81.7 Å². The first-order valence-electron chi connectivity index (χ1n) is 14.6. The van der Waals surface area contributed by atoms with E-state index in [1.807, 2.05) is 0 Å². The molecule has 2 spiro atoms. The zero-order valence-corrected chi connectivity index (χ0v) is 22.6. The van der Waals surface area contributed by atoms with Crippen molar-refractivity contribution in [2.75, 3.05) is 37.7 Å². The Balaban J connectivity index is 0.880. The van der Waals surface area contributed by atoms with Crippen LogP contribution in [0.5, 0.6) is 5.75 Å². The van der Waals surface area contributed by atoms with E-state index in [1.54, 1.807) is 0 Å². The standard InChI is InChI=1S/C29H41NO6S/c31-37(32)14-11-30(12-15-37)10-1-13-33-27-4-2-23(3-5-27)24-6-8-28(9-7-24)34-29(36-35-28)25-17-21-16-22(19-25)20-26(29)18-21/h2-5,21-22,24-26H,1,6-20H2/t21?,22?,24-,25?,26?,28+,29-. The smallest absolute Gasteiger partial charge is 0.210 e. The number of rotatable bonds is 6. The van der Waals surface area contributed by atoms with Gasteiger partial charge in [0.2, 0.25) is 11.6 Å². The van der Waals surface area contributed by atoms with Crippen LogP contribution in [0.15, 0.2) is 24.3 Å². The van der Waals surface area contributed by atoms with E-state index in [9.17, 15) is 8.42 Å². The average Bonchev–Trinajstić information content (AvgIpc) is 3.26. The molecule has 37 heavy (non-hydrogen) atoms. The zero-order valence-electron chi connectivity index (χ0n) is 21.8. The molecular weight excluding hydrogens is 490 g/mol. The lowest BCUT2D eigenvalue weighted by molar-refractivity contribution is -0.390. The molecule has 0 amide bonds. The van der Waals surface area contributed by atoms with E-state index in [0.717, 1.165) is 56.2 Å². The molecule has 0 unspecified atom stereocenters. The average molecular weight is 532 g/mol. The number of hydrogen-bond acceptors (Lipinski definition) is 7. The minimum atomic E-state index is -2.81. The van der Waals surface area contributed by atoms with E-state index in [2.05, 4.69) is 29.2 Å². The first kappa shape index (κ1) is 24.8. The summed E-state index contributed by atoms with van der Waals surface area (Å²) in [6, 6.07) is 8.59. The Labute approximate surface area is 221 Å². The maximum atomic E-state index is 11.6. The van der Waals surface area contributed by atoms with E-state index in [1.165, 1.54) is 37.7 Å². The first-order valence-corrected chi connectivity index (χ1v) is 16.5. The molecule has 7 fully saturated rings. The molecule has 5 aliphatic carbocycles. The predicted molar refractivity (Wildman–Crippen MR) is 139 cm³/mol.